The molecule has 0 radical (unpaired) electrons. The van der Waals surface area contributed by atoms with Gasteiger partial charge in [-0.15, -0.1) is 0 Å². The van der Waals surface area contributed by atoms with E-state index in [4.69, 9.17) is 4.98 Å². The van der Waals surface area contributed by atoms with Crippen LogP contribution in [0.25, 0.3) is 33.2 Å². The van der Waals surface area contributed by atoms with E-state index in [2.05, 4.69) is 101 Å². The summed E-state index contributed by atoms with van der Waals surface area (Å²) in [6.45, 7) is 11.6. The molecule has 0 spiro atoms. The number of rotatable bonds is 1. The zero-order valence-electron chi connectivity index (χ0n) is 17.9. The lowest BCUT2D eigenvalue weighted by molar-refractivity contribution is 0.584. The summed E-state index contributed by atoms with van der Waals surface area (Å²) in [5, 5.41) is 2.41. The molecule has 144 valence electrons. The minimum Gasteiger partial charge on any atom is -0.256 e. The molecule has 3 aromatic carbocycles. The maximum Gasteiger partial charge on any atom is 0.0708 e. The fourth-order valence-electron chi connectivity index (χ4n) is 4.60. The highest BCUT2D eigenvalue weighted by Crippen LogP contribution is 2.50. The van der Waals surface area contributed by atoms with Crippen molar-refractivity contribution in [2.75, 3.05) is 0 Å². The highest BCUT2D eigenvalue weighted by atomic mass is 14.7. The van der Waals surface area contributed by atoms with Crippen LogP contribution in [0, 0.1) is 0 Å². The average Bonchev–Trinajstić information content (AvgIpc) is 2.93. The molecule has 0 N–H and O–H groups in total. The summed E-state index contributed by atoms with van der Waals surface area (Å²) in [6, 6.07) is 24.5. The monoisotopic (exact) mass is 377 g/mol. The van der Waals surface area contributed by atoms with E-state index >= 15 is 0 Å². The third kappa shape index (κ3) is 2.80. The van der Waals surface area contributed by atoms with E-state index in [1.54, 1.807) is 0 Å². The molecule has 0 bridgehead atoms. The number of nitrogens with zero attached hydrogens (tertiary/aromatic N) is 1. The molecule has 0 aliphatic heterocycles. The summed E-state index contributed by atoms with van der Waals surface area (Å²) in [5.41, 5.74) is 9.31. The van der Waals surface area contributed by atoms with Gasteiger partial charge in [0.25, 0.3) is 0 Å². The Bertz CT molecular complexity index is 1260. The minimum atomic E-state index is -0.0151. The molecule has 1 nitrogen and oxygen atoms in total. The highest BCUT2D eigenvalue weighted by Gasteiger charge is 2.36. The third-order valence-corrected chi connectivity index (χ3v) is 6.47. The largest absolute Gasteiger partial charge is 0.256 e. The average molecular weight is 378 g/mol. The first-order valence-corrected chi connectivity index (χ1v) is 10.4. The first-order chi connectivity index (χ1) is 13.7. The predicted molar refractivity (Wildman–Crippen MR) is 123 cm³/mol. The van der Waals surface area contributed by atoms with Gasteiger partial charge < -0.3 is 0 Å². The van der Waals surface area contributed by atoms with Gasteiger partial charge in [-0.05, 0) is 50.8 Å². The Morgan fingerprint density at radius 3 is 2.10 bits per heavy atom. The summed E-state index contributed by atoms with van der Waals surface area (Å²) in [5.74, 6) is 0. The van der Waals surface area contributed by atoms with Crippen LogP contribution in [0.2, 0.25) is 0 Å². The van der Waals surface area contributed by atoms with Crippen molar-refractivity contribution in [3.63, 3.8) is 0 Å². The molecule has 0 fully saturated rings. The molecule has 0 amide bonds. The van der Waals surface area contributed by atoms with E-state index in [1.165, 1.54) is 44.2 Å². The molecular weight excluding hydrogens is 350 g/mol. The lowest BCUT2D eigenvalue weighted by Gasteiger charge is -2.25. The van der Waals surface area contributed by atoms with Gasteiger partial charge in [-0.3, -0.25) is 4.98 Å². The van der Waals surface area contributed by atoms with Crippen LogP contribution >= 0.6 is 0 Å². The van der Waals surface area contributed by atoms with Crippen LogP contribution in [0.15, 0.2) is 72.9 Å². The van der Waals surface area contributed by atoms with Crippen molar-refractivity contribution in [2.24, 2.45) is 0 Å². The van der Waals surface area contributed by atoms with Crippen LogP contribution in [0.3, 0.4) is 0 Å². The summed E-state index contributed by atoms with van der Waals surface area (Å²) >= 11 is 0. The third-order valence-electron chi connectivity index (χ3n) is 6.47. The molecular formula is C28H27N. The Hall–Kier alpha value is -2.93. The molecule has 0 saturated heterocycles. The second-order valence-electron chi connectivity index (χ2n) is 9.81. The summed E-state index contributed by atoms with van der Waals surface area (Å²) in [4.78, 5) is 4.75. The molecule has 1 heteroatoms. The molecule has 1 aliphatic rings. The Balaban J connectivity index is 1.65. The molecule has 1 aliphatic carbocycles. The van der Waals surface area contributed by atoms with Gasteiger partial charge in [0, 0.05) is 22.6 Å². The molecule has 0 atom stereocenters. The molecule has 1 aromatic heterocycles. The van der Waals surface area contributed by atoms with Crippen LogP contribution in [0.4, 0.5) is 0 Å². The van der Waals surface area contributed by atoms with Gasteiger partial charge in [-0.2, -0.15) is 0 Å². The SMILES string of the molecule is CC(C)(C)c1ccc2c(c1)C(C)(C)c1cc(-c3cc4ccccc4cn3)ccc1-2. The summed E-state index contributed by atoms with van der Waals surface area (Å²) in [6.07, 6.45) is 1.98. The van der Waals surface area contributed by atoms with Crippen molar-refractivity contribution in [3.8, 4) is 22.4 Å². The topological polar surface area (TPSA) is 12.9 Å². The van der Waals surface area contributed by atoms with E-state index in [0.717, 1.165) is 5.69 Å². The molecule has 0 unspecified atom stereocenters. The van der Waals surface area contributed by atoms with Crippen LogP contribution in [-0.4, -0.2) is 4.98 Å². The molecule has 0 saturated carbocycles. The van der Waals surface area contributed by atoms with Crippen molar-refractivity contribution in [2.45, 2.75) is 45.4 Å². The Morgan fingerprint density at radius 1 is 0.724 bits per heavy atom. The van der Waals surface area contributed by atoms with E-state index in [0.29, 0.717) is 0 Å². The first kappa shape index (κ1) is 18.1. The van der Waals surface area contributed by atoms with Crippen molar-refractivity contribution < 1.29 is 0 Å². The lowest BCUT2D eigenvalue weighted by Crippen LogP contribution is -2.17. The van der Waals surface area contributed by atoms with Gasteiger partial charge in [0.2, 0.25) is 0 Å². The van der Waals surface area contributed by atoms with Crippen LogP contribution in [-0.2, 0) is 10.8 Å². The standard InChI is InChI=1S/C28H27N/c1-27(2,3)21-11-13-23-22-12-10-19(14-24(22)28(4,5)25(23)16-21)26-15-18-8-6-7-9-20(18)17-29-26/h6-17H,1-5H3. The van der Waals surface area contributed by atoms with Crippen molar-refractivity contribution in [3.05, 3.63) is 89.6 Å². The lowest BCUT2D eigenvalue weighted by atomic mass is 9.78. The van der Waals surface area contributed by atoms with E-state index in [-0.39, 0.29) is 10.8 Å². The van der Waals surface area contributed by atoms with E-state index in [9.17, 15) is 0 Å². The number of hydrogen-bond donors (Lipinski definition) is 0. The quantitative estimate of drug-likeness (QED) is 0.334. The predicted octanol–water partition coefficient (Wildman–Crippen LogP) is 7.51. The first-order valence-electron chi connectivity index (χ1n) is 10.4. The zero-order valence-corrected chi connectivity index (χ0v) is 17.9. The normalized spacial score (nSPS) is 14.7. The minimum absolute atomic E-state index is 0.0151. The van der Waals surface area contributed by atoms with E-state index in [1.807, 2.05) is 6.20 Å². The van der Waals surface area contributed by atoms with Gasteiger partial charge in [-0.1, -0.05) is 89.2 Å². The van der Waals surface area contributed by atoms with Crippen molar-refractivity contribution in [1.82, 2.24) is 4.98 Å². The summed E-state index contributed by atoms with van der Waals surface area (Å²) in [7, 11) is 0. The number of benzene rings is 3. The molecule has 1 heterocycles. The molecule has 29 heavy (non-hydrogen) atoms. The molecule has 5 rings (SSSR count). The number of pyridine rings is 1. The van der Waals surface area contributed by atoms with Gasteiger partial charge in [0.05, 0.1) is 5.69 Å². The summed E-state index contributed by atoms with van der Waals surface area (Å²) < 4.78 is 0. The van der Waals surface area contributed by atoms with Gasteiger partial charge in [-0.25, -0.2) is 0 Å². The van der Waals surface area contributed by atoms with Crippen LogP contribution in [0.5, 0.6) is 0 Å². The van der Waals surface area contributed by atoms with Crippen molar-refractivity contribution >= 4 is 10.8 Å². The van der Waals surface area contributed by atoms with Gasteiger partial charge in [0.15, 0.2) is 0 Å². The fourth-order valence-corrected chi connectivity index (χ4v) is 4.60. The smallest absolute Gasteiger partial charge is 0.0708 e. The number of aromatic nitrogens is 1. The second kappa shape index (κ2) is 6.03. The zero-order chi connectivity index (χ0) is 20.4. The highest BCUT2D eigenvalue weighted by molar-refractivity contribution is 5.87. The van der Waals surface area contributed by atoms with Gasteiger partial charge >= 0.3 is 0 Å². The Morgan fingerprint density at radius 2 is 1.38 bits per heavy atom. The fraction of sp³-hybridized carbons (Fsp3) is 0.250. The Kier molecular flexibility index (Phi) is 3.77. The number of fused-ring (bicyclic) bond motifs is 4. The van der Waals surface area contributed by atoms with Gasteiger partial charge in [0.1, 0.15) is 0 Å². The second-order valence-corrected chi connectivity index (χ2v) is 9.81. The Labute approximate surface area is 173 Å². The maximum absolute atomic E-state index is 4.75. The molecule has 4 aromatic rings. The van der Waals surface area contributed by atoms with Crippen LogP contribution in [0.1, 0.15) is 51.3 Å². The van der Waals surface area contributed by atoms with Crippen molar-refractivity contribution in [1.29, 1.82) is 0 Å². The maximum atomic E-state index is 4.75. The van der Waals surface area contributed by atoms with Crippen LogP contribution < -0.4 is 0 Å². The van der Waals surface area contributed by atoms with E-state index < -0.39 is 0 Å². The number of hydrogen-bond acceptors (Lipinski definition) is 1.